The van der Waals surface area contributed by atoms with Crippen LogP contribution in [0.3, 0.4) is 0 Å². The Bertz CT molecular complexity index is 874. The monoisotopic (exact) mass is 336 g/mol. The Labute approximate surface area is 145 Å². The summed E-state index contributed by atoms with van der Waals surface area (Å²) in [6.45, 7) is 2.49. The quantitative estimate of drug-likeness (QED) is 0.706. The van der Waals surface area contributed by atoms with E-state index in [9.17, 15) is 4.79 Å². The lowest BCUT2D eigenvalue weighted by Gasteiger charge is -2.24. The standard InChI is InChI=1S/C18H20N6O/c25-18-6-5-17(23-10-8-20-14-23)21-24(18)13-16-4-2-9-22(16)12-15-3-1-7-19-11-15/h1,3,5-8,10-11,14,16H,2,4,9,12-13H2. The van der Waals surface area contributed by atoms with Gasteiger partial charge in [0.1, 0.15) is 6.33 Å². The lowest BCUT2D eigenvalue weighted by atomic mass is 10.2. The molecule has 1 aliphatic rings. The molecule has 3 aromatic rings. The molecule has 128 valence electrons. The minimum Gasteiger partial charge on any atom is -0.294 e. The lowest BCUT2D eigenvalue weighted by Crippen LogP contribution is -2.36. The Morgan fingerprint density at radius 2 is 2.12 bits per heavy atom. The van der Waals surface area contributed by atoms with Crippen molar-refractivity contribution >= 4 is 0 Å². The number of aromatic nitrogens is 5. The van der Waals surface area contributed by atoms with Gasteiger partial charge in [-0.2, -0.15) is 5.10 Å². The van der Waals surface area contributed by atoms with Crippen molar-refractivity contribution in [3.63, 3.8) is 0 Å². The van der Waals surface area contributed by atoms with Crippen LogP contribution in [0, 0.1) is 0 Å². The number of hydrogen-bond acceptors (Lipinski definition) is 5. The van der Waals surface area contributed by atoms with E-state index in [1.165, 1.54) is 5.56 Å². The molecule has 0 spiro atoms. The lowest BCUT2D eigenvalue weighted by molar-refractivity contribution is 0.216. The van der Waals surface area contributed by atoms with Gasteiger partial charge < -0.3 is 0 Å². The molecule has 1 unspecified atom stereocenters. The average Bonchev–Trinajstić information content (AvgIpc) is 3.30. The van der Waals surface area contributed by atoms with Crippen LogP contribution in [0.1, 0.15) is 18.4 Å². The van der Waals surface area contributed by atoms with Crippen LogP contribution in [-0.2, 0) is 13.1 Å². The van der Waals surface area contributed by atoms with Crippen LogP contribution in [0.25, 0.3) is 5.82 Å². The summed E-state index contributed by atoms with van der Waals surface area (Å²) in [4.78, 5) is 22.9. The number of likely N-dealkylation sites (tertiary alicyclic amines) is 1. The Kier molecular flexibility index (Phi) is 4.39. The smallest absolute Gasteiger partial charge is 0.266 e. The van der Waals surface area contributed by atoms with Crippen molar-refractivity contribution in [3.05, 3.63) is 71.3 Å². The molecule has 25 heavy (non-hydrogen) atoms. The molecule has 1 aliphatic heterocycles. The highest BCUT2D eigenvalue weighted by Crippen LogP contribution is 2.20. The molecular formula is C18H20N6O. The number of nitrogens with zero attached hydrogens (tertiary/aromatic N) is 6. The molecule has 7 heteroatoms. The summed E-state index contributed by atoms with van der Waals surface area (Å²) in [6, 6.07) is 7.65. The van der Waals surface area contributed by atoms with E-state index >= 15 is 0 Å². The zero-order chi connectivity index (χ0) is 17.1. The predicted octanol–water partition coefficient (Wildman–Crippen LogP) is 1.49. The maximum absolute atomic E-state index is 12.2. The Morgan fingerprint density at radius 1 is 1.16 bits per heavy atom. The largest absolute Gasteiger partial charge is 0.294 e. The zero-order valence-corrected chi connectivity index (χ0v) is 13.9. The molecule has 3 aromatic heterocycles. The van der Waals surface area contributed by atoms with Crippen molar-refractivity contribution in [1.82, 2.24) is 29.2 Å². The molecular weight excluding hydrogens is 316 g/mol. The van der Waals surface area contributed by atoms with Gasteiger partial charge in [0, 0.05) is 43.4 Å². The summed E-state index contributed by atoms with van der Waals surface area (Å²) < 4.78 is 3.37. The summed E-state index contributed by atoms with van der Waals surface area (Å²) in [6.07, 6.45) is 11.1. The molecule has 0 saturated carbocycles. The van der Waals surface area contributed by atoms with Gasteiger partial charge in [-0.25, -0.2) is 9.67 Å². The van der Waals surface area contributed by atoms with Gasteiger partial charge in [-0.05, 0) is 37.1 Å². The van der Waals surface area contributed by atoms with Crippen molar-refractivity contribution in [3.8, 4) is 5.82 Å². The van der Waals surface area contributed by atoms with Gasteiger partial charge >= 0.3 is 0 Å². The maximum atomic E-state index is 12.2. The molecule has 7 nitrogen and oxygen atoms in total. The van der Waals surface area contributed by atoms with Crippen molar-refractivity contribution in [1.29, 1.82) is 0 Å². The van der Waals surface area contributed by atoms with E-state index in [1.807, 2.05) is 18.5 Å². The first kappa shape index (κ1) is 15.7. The molecule has 4 rings (SSSR count). The normalized spacial score (nSPS) is 17.8. The molecule has 0 radical (unpaired) electrons. The maximum Gasteiger partial charge on any atom is 0.266 e. The van der Waals surface area contributed by atoms with E-state index in [-0.39, 0.29) is 5.56 Å². The third-order valence-corrected chi connectivity index (χ3v) is 4.61. The highest BCUT2D eigenvalue weighted by Gasteiger charge is 2.25. The molecule has 1 atom stereocenters. The third kappa shape index (κ3) is 3.51. The van der Waals surface area contributed by atoms with E-state index < -0.39 is 0 Å². The van der Waals surface area contributed by atoms with E-state index in [0.29, 0.717) is 18.4 Å². The first-order valence-corrected chi connectivity index (χ1v) is 8.49. The summed E-state index contributed by atoms with van der Waals surface area (Å²) in [7, 11) is 0. The molecule has 1 saturated heterocycles. The average molecular weight is 336 g/mol. The summed E-state index contributed by atoms with van der Waals surface area (Å²) >= 11 is 0. The van der Waals surface area contributed by atoms with Crippen LogP contribution in [0.5, 0.6) is 0 Å². The first-order valence-electron chi connectivity index (χ1n) is 8.49. The third-order valence-electron chi connectivity index (χ3n) is 4.61. The van der Waals surface area contributed by atoms with Gasteiger partial charge in [0.05, 0.1) is 6.54 Å². The Hall–Kier alpha value is -2.80. The number of hydrogen-bond donors (Lipinski definition) is 0. The molecule has 0 aliphatic carbocycles. The van der Waals surface area contributed by atoms with Gasteiger partial charge in [-0.1, -0.05) is 6.07 Å². The van der Waals surface area contributed by atoms with Gasteiger partial charge in [-0.15, -0.1) is 0 Å². The molecule has 1 fully saturated rings. The molecule has 0 aromatic carbocycles. The molecule has 0 amide bonds. The van der Waals surface area contributed by atoms with Crippen LogP contribution < -0.4 is 5.56 Å². The van der Waals surface area contributed by atoms with Crippen LogP contribution in [-0.4, -0.2) is 41.8 Å². The second-order valence-electron chi connectivity index (χ2n) is 6.31. The Balaban J connectivity index is 1.53. The number of imidazole rings is 1. The molecule has 4 heterocycles. The van der Waals surface area contributed by atoms with Crippen LogP contribution in [0.15, 0.2) is 60.2 Å². The zero-order valence-electron chi connectivity index (χ0n) is 13.9. The van der Waals surface area contributed by atoms with Gasteiger partial charge in [0.2, 0.25) is 0 Å². The summed E-state index contributed by atoms with van der Waals surface area (Å²) in [5, 5.41) is 4.51. The second kappa shape index (κ2) is 6.98. The topological polar surface area (TPSA) is 68.8 Å². The fraction of sp³-hybridized carbons (Fsp3) is 0.333. The van der Waals surface area contributed by atoms with Crippen LogP contribution in [0.4, 0.5) is 0 Å². The van der Waals surface area contributed by atoms with E-state index in [2.05, 4.69) is 26.0 Å². The summed E-state index contributed by atoms with van der Waals surface area (Å²) in [5.74, 6) is 0.703. The van der Waals surface area contributed by atoms with E-state index in [0.717, 1.165) is 25.9 Å². The van der Waals surface area contributed by atoms with Crippen molar-refractivity contribution in [2.45, 2.75) is 32.0 Å². The SMILES string of the molecule is O=c1ccc(-n2ccnc2)nn1CC1CCCN1Cc1cccnc1. The fourth-order valence-corrected chi connectivity index (χ4v) is 3.34. The number of rotatable bonds is 5. The minimum absolute atomic E-state index is 0.0721. The predicted molar refractivity (Wildman–Crippen MR) is 93.3 cm³/mol. The van der Waals surface area contributed by atoms with E-state index in [1.54, 1.807) is 40.1 Å². The molecule has 0 bridgehead atoms. The minimum atomic E-state index is -0.0721. The van der Waals surface area contributed by atoms with E-state index in [4.69, 9.17) is 0 Å². The number of pyridine rings is 1. The highest BCUT2D eigenvalue weighted by molar-refractivity contribution is 5.19. The van der Waals surface area contributed by atoms with Gasteiger partial charge in [0.15, 0.2) is 5.82 Å². The van der Waals surface area contributed by atoms with Crippen LogP contribution in [0.2, 0.25) is 0 Å². The van der Waals surface area contributed by atoms with Gasteiger partial charge in [-0.3, -0.25) is 19.2 Å². The van der Waals surface area contributed by atoms with Gasteiger partial charge in [0.25, 0.3) is 5.56 Å². The molecule has 0 N–H and O–H groups in total. The van der Waals surface area contributed by atoms with Crippen molar-refractivity contribution in [2.75, 3.05) is 6.54 Å². The van der Waals surface area contributed by atoms with Crippen molar-refractivity contribution in [2.24, 2.45) is 0 Å². The van der Waals surface area contributed by atoms with Crippen molar-refractivity contribution < 1.29 is 0 Å². The van der Waals surface area contributed by atoms with Crippen LogP contribution >= 0.6 is 0 Å². The second-order valence-corrected chi connectivity index (χ2v) is 6.31. The first-order chi connectivity index (χ1) is 12.3. The summed E-state index contributed by atoms with van der Waals surface area (Å²) in [5.41, 5.74) is 1.12. The fourth-order valence-electron chi connectivity index (χ4n) is 3.34. The Morgan fingerprint density at radius 3 is 2.92 bits per heavy atom. The highest BCUT2D eigenvalue weighted by atomic mass is 16.1.